The van der Waals surface area contributed by atoms with Crippen molar-refractivity contribution < 1.29 is 32.3 Å². The summed E-state index contributed by atoms with van der Waals surface area (Å²) in [7, 11) is -3.67. The Bertz CT molecular complexity index is 650. The van der Waals surface area contributed by atoms with E-state index in [2.05, 4.69) is 10.1 Å². The van der Waals surface area contributed by atoms with Crippen molar-refractivity contribution in [3.8, 4) is 0 Å². The number of ketones is 1. The van der Waals surface area contributed by atoms with E-state index in [1.165, 1.54) is 0 Å². The molecule has 0 fully saturated rings. The molecule has 0 aromatic carbocycles. The predicted octanol–water partition coefficient (Wildman–Crippen LogP) is 0.151. The number of nitrogens with zero attached hydrogens (tertiary/aromatic N) is 1. The van der Waals surface area contributed by atoms with Crippen LogP contribution in [0.25, 0.3) is 0 Å². The number of esters is 1. The first-order chi connectivity index (χ1) is 11.4. The van der Waals surface area contributed by atoms with E-state index in [4.69, 9.17) is 10.3 Å². The van der Waals surface area contributed by atoms with Crippen molar-refractivity contribution in [1.82, 2.24) is 5.32 Å². The molecule has 0 aliphatic heterocycles. The highest BCUT2D eigenvalue weighted by molar-refractivity contribution is 7.92. The van der Waals surface area contributed by atoms with Gasteiger partial charge in [-0.1, -0.05) is 13.8 Å². The molecule has 2 atom stereocenters. The number of hydrogen-bond acceptors (Lipinski definition) is 7. The van der Waals surface area contributed by atoms with Gasteiger partial charge in [-0.05, 0) is 26.2 Å². The minimum atomic E-state index is -3.67. The van der Waals surface area contributed by atoms with Crippen LogP contribution in [-0.4, -0.2) is 60.7 Å². The third-order valence-electron chi connectivity index (χ3n) is 3.17. The lowest BCUT2D eigenvalue weighted by atomic mass is 10.1. The summed E-state index contributed by atoms with van der Waals surface area (Å²) in [5.41, 5.74) is 6.60. The van der Waals surface area contributed by atoms with Crippen LogP contribution in [0.2, 0.25) is 0 Å². The van der Waals surface area contributed by atoms with Gasteiger partial charge in [-0.3, -0.25) is 9.59 Å². The molecule has 0 aliphatic rings. The molecule has 0 unspecified atom stereocenters. The Morgan fingerprint density at radius 1 is 1.20 bits per heavy atom. The molecule has 0 rings (SSSR count). The molecule has 0 heterocycles. The number of sulfone groups is 1. The van der Waals surface area contributed by atoms with Gasteiger partial charge in [-0.25, -0.2) is 13.2 Å². The molecule has 1 amide bonds. The van der Waals surface area contributed by atoms with Crippen molar-refractivity contribution in [2.75, 3.05) is 6.26 Å². The molecule has 0 radical (unpaired) electrons. The molecule has 0 bridgehead atoms. The zero-order chi connectivity index (χ0) is 19.8. The Labute approximate surface area is 147 Å². The molecule has 9 nitrogen and oxygen atoms in total. The fraction of sp³-hybridized carbons (Fsp3) is 0.733. The highest BCUT2D eigenvalue weighted by atomic mass is 32.2. The maximum absolute atomic E-state index is 12.4. The zero-order valence-corrected chi connectivity index (χ0v) is 15.9. The van der Waals surface area contributed by atoms with Gasteiger partial charge in [-0.2, -0.15) is 0 Å². The lowest BCUT2D eigenvalue weighted by Gasteiger charge is -2.23. The van der Waals surface area contributed by atoms with Crippen molar-refractivity contribution in [2.24, 2.45) is 5.92 Å². The maximum Gasteiger partial charge on any atom is 0.372 e. The predicted molar refractivity (Wildman–Crippen MR) is 89.9 cm³/mol. The topological polar surface area (TPSA) is 145 Å². The van der Waals surface area contributed by atoms with E-state index in [-0.39, 0.29) is 12.8 Å². The van der Waals surface area contributed by atoms with Crippen LogP contribution >= 0.6 is 0 Å². The number of ether oxygens (including phenoxy) is 1. The quantitative estimate of drug-likeness (QED) is 0.240. The van der Waals surface area contributed by atoms with E-state index < -0.39 is 50.8 Å². The zero-order valence-electron chi connectivity index (χ0n) is 15.1. The molecule has 25 heavy (non-hydrogen) atoms. The van der Waals surface area contributed by atoms with Gasteiger partial charge >= 0.3 is 12.2 Å². The average Bonchev–Trinajstić information content (AvgIpc) is 2.40. The Balaban J connectivity index is 5.32. The van der Waals surface area contributed by atoms with Crippen LogP contribution in [0.4, 0.5) is 0 Å². The van der Waals surface area contributed by atoms with Crippen LogP contribution in [0.3, 0.4) is 0 Å². The van der Waals surface area contributed by atoms with Crippen LogP contribution < -0.4 is 5.32 Å². The summed E-state index contributed by atoms with van der Waals surface area (Å²) >= 11 is 0. The number of carbonyl (C=O) groups is 3. The van der Waals surface area contributed by atoms with Crippen LogP contribution in [-0.2, 0) is 29.0 Å². The number of Topliss-reactive ketones (excluding diaryl/α,β-unsaturated/α-hetero) is 1. The molecule has 10 heteroatoms. The van der Waals surface area contributed by atoms with Crippen molar-refractivity contribution >= 4 is 33.7 Å². The van der Waals surface area contributed by atoms with E-state index in [1.807, 2.05) is 0 Å². The smallest absolute Gasteiger partial charge is 0.372 e. The van der Waals surface area contributed by atoms with Crippen molar-refractivity contribution in [2.45, 2.75) is 57.9 Å². The second-order valence-electron chi connectivity index (χ2n) is 6.30. The van der Waals surface area contributed by atoms with Gasteiger partial charge in [0, 0.05) is 12.7 Å². The molecule has 0 aliphatic carbocycles. The van der Waals surface area contributed by atoms with Crippen LogP contribution in [0.1, 0.15) is 40.5 Å². The third-order valence-corrected chi connectivity index (χ3v) is 4.85. The largest absolute Gasteiger partial charge is 0.461 e. The first-order valence-electron chi connectivity index (χ1n) is 7.82. The minimum Gasteiger partial charge on any atom is -0.461 e. The number of amides is 1. The second-order valence-corrected chi connectivity index (χ2v) is 8.47. The van der Waals surface area contributed by atoms with Crippen molar-refractivity contribution in [3.63, 3.8) is 0 Å². The van der Waals surface area contributed by atoms with E-state index in [0.717, 1.165) is 12.5 Å². The highest BCUT2D eigenvalue weighted by Crippen LogP contribution is 2.13. The number of hydrogen-bond donors (Lipinski definition) is 2. The molecule has 142 valence electrons. The second kappa shape index (κ2) is 10.0. The third kappa shape index (κ3) is 8.55. The summed E-state index contributed by atoms with van der Waals surface area (Å²) < 4.78 is 28.7. The Hall–Kier alpha value is -2.06. The number of rotatable bonds is 10. The lowest BCUT2D eigenvalue weighted by Crippen LogP contribution is -2.50. The normalized spacial score (nSPS) is 13.7. The summed E-state index contributed by atoms with van der Waals surface area (Å²) in [6.45, 7) is 6.42. The van der Waals surface area contributed by atoms with Gasteiger partial charge in [0.2, 0.25) is 11.7 Å². The van der Waals surface area contributed by atoms with Crippen LogP contribution in [0.15, 0.2) is 0 Å². The molecule has 0 aromatic rings. The highest BCUT2D eigenvalue weighted by Gasteiger charge is 2.35. The first kappa shape index (κ1) is 22.9. The van der Waals surface area contributed by atoms with E-state index in [1.54, 1.807) is 27.7 Å². The first-order valence-corrected chi connectivity index (χ1v) is 9.78. The van der Waals surface area contributed by atoms with E-state index in [9.17, 15) is 22.8 Å². The van der Waals surface area contributed by atoms with Gasteiger partial charge < -0.3 is 10.1 Å². The summed E-state index contributed by atoms with van der Waals surface area (Å²) in [4.78, 5) is 38.8. The lowest BCUT2D eigenvalue weighted by molar-refractivity contribution is -0.151. The average molecular weight is 376 g/mol. The van der Waals surface area contributed by atoms with E-state index in [0.29, 0.717) is 0 Å². The Morgan fingerprint density at radius 2 is 1.76 bits per heavy atom. The van der Waals surface area contributed by atoms with E-state index >= 15 is 0 Å². The number of nitrogens with one attached hydrogen (secondary N) is 2. The molecule has 0 saturated heterocycles. The summed E-state index contributed by atoms with van der Waals surface area (Å²) in [6.07, 6.45) is 1.07. The SMILES string of the molecule is CC(C)OC(=O)[C@H](CCC(=O)C=[N+]=N)NC(=O)[C@H](C(C)C)S(C)(=O)=O. The molecular weight excluding hydrogens is 350 g/mol. The summed E-state index contributed by atoms with van der Waals surface area (Å²) in [5, 5.41) is 1.06. The van der Waals surface area contributed by atoms with Gasteiger partial charge in [0.1, 0.15) is 11.3 Å². The molecule has 2 N–H and O–H groups in total. The standard InChI is InChI=1S/C15H25N3O6S/c1-9(2)13(25(5,22)23)14(20)18-12(15(21)24-10(3)4)7-6-11(19)8-17-16/h8-10,12-13,16H,6-7H2,1-5H3/p+1/t12-,13-/m0/s1. The molecule has 0 spiro atoms. The van der Waals surface area contributed by atoms with Crippen molar-refractivity contribution in [3.05, 3.63) is 0 Å². The fourth-order valence-electron chi connectivity index (χ4n) is 2.23. The van der Waals surface area contributed by atoms with Gasteiger partial charge in [-0.15, -0.1) is 0 Å². The summed E-state index contributed by atoms with van der Waals surface area (Å²) in [6, 6.07) is -1.17. The fourth-order valence-corrected chi connectivity index (χ4v) is 3.68. The Kier molecular flexibility index (Phi) is 9.22. The monoisotopic (exact) mass is 376 g/mol. The van der Waals surface area contributed by atoms with Gasteiger partial charge in [0.05, 0.1) is 16.4 Å². The Morgan fingerprint density at radius 3 is 2.16 bits per heavy atom. The minimum absolute atomic E-state index is 0.0866. The van der Waals surface area contributed by atoms with Crippen LogP contribution in [0.5, 0.6) is 0 Å². The van der Waals surface area contributed by atoms with Gasteiger partial charge in [0.25, 0.3) is 0 Å². The maximum atomic E-state index is 12.4. The summed E-state index contributed by atoms with van der Waals surface area (Å²) in [5.74, 6) is -2.55. The molecular formula is C15H26N3O6S+. The molecule has 0 saturated carbocycles. The van der Waals surface area contributed by atoms with Crippen molar-refractivity contribution in [1.29, 1.82) is 5.53 Å². The number of carbonyl (C=O) groups excluding carboxylic acids is 3. The van der Waals surface area contributed by atoms with Gasteiger partial charge in [0.15, 0.2) is 9.84 Å². The van der Waals surface area contributed by atoms with Crippen LogP contribution in [0, 0.1) is 11.4 Å². The molecule has 0 aromatic heterocycles.